The van der Waals surface area contributed by atoms with Crippen molar-refractivity contribution in [3.8, 4) is 17.0 Å². The minimum Gasteiger partial charge on any atom is -0.507 e. The number of benzene rings is 2. The third-order valence-corrected chi connectivity index (χ3v) is 7.32. The fraction of sp³-hybridized carbons (Fsp3) is 0.167. The van der Waals surface area contributed by atoms with Gasteiger partial charge in [-0.1, -0.05) is 42.5 Å². The first-order chi connectivity index (χ1) is 16.3. The number of aromatic nitrogens is 3. The number of hydrogen-bond acceptors (Lipinski definition) is 6. The molecule has 0 spiro atoms. The second kappa shape index (κ2) is 10.4. The van der Waals surface area contributed by atoms with Gasteiger partial charge >= 0.3 is 0 Å². The Morgan fingerprint density at radius 1 is 1.15 bits per heavy atom. The lowest BCUT2D eigenvalue weighted by molar-refractivity contribution is 0.473. The molecule has 0 saturated heterocycles. The number of hydrogen-bond donors (Lipinski definition) is 2. The molecular formula is C24H24BrN5O3S. The maximum absolute atomic E-state index is 12.5. The van der Waals surface area contributed by atoms with Gasteiger partial charge in [0.1, 0.15) is 11.6 Å². The van der Waals surface area contributed by atoms with E-state index in [0.717, 1.165) is 10.0 Å². The van der Waals surface area contributed by atoms with E-state index < -0.39 is 10.0 Å². The molecule has 4 aromatic rings. The van der Waals surface area contributed by atoms with E-state index in [1.54, 1.807) is 42.0 Å². The fourth-order valence-electron chi connectivity index (χ4n) is 3.37. The largest absolute Gasteiger partial charge is 0.507 e. The lowest BCUT2D eigenvalue weighted by Crippen LogP contribution is -2.27. The average Bonchev–Trinajstić information content (AvgIpc) is 3.22. The molecule has 0 unspecified atom stereocenters. The van der Waals surface area contributed by atoms with Crippen LogP contribution >= 0.6 is 15.9 Å². The second-order valence-electron chi connectivity index (χ2n) is 7.63. The Kier molecular flexibility index (Phi) is 7.30. The molecular weight excluding hydrogens is 518 g/mol. The van der Waals surface area contributed by atoms with E-state index >= 15 is 0 Å². The summed E-state index contributed by atoms with van der Waals surface area (Å²) in [5.74, 6) is 0.819. The molecule has 0 aliphatic heterocycles. The van der Waals surface area contributed by atoms with Gasteiger partial charge < -0.3 is 10.4 Å². The Labute approximate surface area is 206 Å². The van der Waals surface area contributed by atoms with E-state index in [1.807, 2.05) is 42.5 Å². The van der Waals surface area contributed by atoms with Gasteiger partial charge in [0.05, 0.1) is 16.4 Å². The summed E-state index contributed by atoms with van der Waals surface area (Å²) in [4.78, 5) is 4.62. The molecule has 2 aromatic carbocycles. The van der Waals surface area contributed by atoms with E-state index in [1.165, 1.54) is 9.71 Å². The summed E-state index contributed by atoms with van der Waals surface area (Å²) in [6, 6.07) is 18.1. The smallest absolute Gasteiger partial charge is 0.235 e. The highest BCUT2D eigenvalue weighted by Gasteiger charge is 2.15. The van der Waals surface area contributed by atoms with Crippen LogP contribution in [0.15, 0.2) is 76.7 Å². The van der Waals surface area contributed by atoms with Crippen molar-refractivity contribution in [2.45, 2.75) is 6.42 Å². The highest BCUT2D eigenvalue weighted by Crippen LogP contribution is 2.31. The minimum absolute atomic E-state index is 0.135. The molecule has 34 heavy (non-hydrogen) atoms. The molecule has 8 nitrogen and oxygen atoms in total. The monoisotopic (exact) mass is 541 g/mol. The van der Waals surface area contributed by atoms with Crippen molar-refractivity contribution in [2.75, 3.05) is 25.5 Å². The van der Waals surface area contributed by atoms with Crippen LogP contribution in [0.25, 0.3) is 23.0 Å². The molecule has 0 aliphatic carbocycles. The topological polar surface area (TPSA) is 99.8 Å². The van der Waals surface area contributed by atoms with Crippen LogP contribution in [-0.4, -0.2) is 52.6 Å². The lowest BCUT2D eigenvalue weighted by Gasteiger charge is -2.15. The summed E-state index contributed by atoms with van der Waals surface area (Å²) in [7, 11) is -1.95. The molecule has 0 saturated carbocycles. The summed E-state index contributed by atoms with van der Waals surface area (Å²) in [6.45, 7) is 0.858. The van der Waals surface area contributed by atoms with E-state index in [4.69, 9.17) is 0 Å². The van der Waals surface area contributed by atoms with Crippen LogP contribution in [0.4, 0.5) is 5.82 Å². The quantitative estimate of drug-likeness (QED) is 0.300. The molecule has 0 bridgehead atoms. The Morgan fingerprint density at radius 2 is 1.88 bits per heavy atom. The molecule has 2 N–H and O–H groups in total. The Bertz CT molecular complexity index is 1420. The summed E-state index contributed by atoms with van der Waals surface area (Å²) in [5, 5.41) is 19.1. The molecule has 4 rings (SSSR count). The zero-order chi connectivity index (χ0) is 24.1. The van der Waals surface area contributed by atoms with Crippen molar-refractivity contribution in [1.29, 1.82) is 0 Å². The Hall–Kier alpha value is -3.21. The maximum Gasteiger partial charge on any atom is 0.235 e. The van der Waals surface area contributed by atoms with Gasteiger partial charge in [0, 0.05) is 37.2 Å². The standard InChI is InChI=1S/C24H24BrN5O3S/c1-29(34(32,33)15-12-18-8-3-2-4-9-18)14-7-13-26-23-16-21(19-10-5-6-11-22(19)31)28-24-20(25)17-27-30(23)24/h2-6,8-12,15-17,26,31H,7,13-14H2,1H3/b15-12+. The van der Waals surface area contributed by atoms with Crippen LogP contribution in [0.3, 0.4) is 0 Å². The summed E-state index contributed by atoms with van der Waals surface area (Å²) in [5.41, 5.74) is 2.64. The summed E-state index contributed by atoms with van der Waals surface area (Å²) >= 11 is 3.46. The number of phenolic OH excluding ortho intramolecular Hbond substituents is 1. The van der Waals surface area contributed by atoms with Crippen LogP contribution in [0.5, 0.6) is 5.75 Å². The molecule has 2 aromatic heterocycles. The van der Waals surface area contributed by atoms with Gasteiger partial charge in [0.2, 0.25) is 10.0 Å². The van der Waals surface area contributed by atoms with Gasteiger partial charge in [0.25, 0.3) is 0 Å². The first-order valence-corrected chi connectivity index (χ1v) is 12.9. The zero-order valence-corrected chi connectivity index (χ0v) is 20.9. The van der Waals surface area contributed by atoms with Gasteiger partial charge in [-0.3, -0.25) is 0 Å². The number of nitrogens with one attached hydrogen (secondary N) is 1. The van der Waals surface area contributed by atoms with Crippen LogP contribution in [0.1, 0.15) is 12.0 Å². The number of anilines is 1. The first-order valence-electron chi connectivity index (χ1n) is 10.6. The average molecular weight is 542 g/mol. The predicted molar refractivity (Wildman–Crippen MR) is 138 cm³/mol. The van der Waals surface area contributed by atoms with Crippen LogP contribution in [0, 0.1) is 0 Å². The van der Waals surface area contributed by atoms with Crippen LogP contribution in [-0.2, 0) is 10.0 Å². The van der Waals surface area contributed by atoms with Crippen molar-refractivity contribution in [2.24, 2.45) is 0 Å². The number of halogens is 1. The lowest BCUT2D eigenvalue weighted by atomic mass is 10.1. The van der Waals surface area contributed by atoms with E-state index in [2.05, 4.69) is 31.3 Å². The van der Waals surface area contributed by atoms with E-state index in [0.29, 0.717) is 42.2 Å². The molecule has 0 atom stereocenters. The normalized spacial score (nSPS) is 12.1. The number of fused-ring (bicyclic) bond motifs is 1. The van der Waals surface area contributed by atoms with Crippen LogP contribution < -0.4 is 5.32 Å². The SMILES string of the molecule is CN(CCCNc1cc(-c2ccccc2O)nc2c(Br)cnn12)S(=O)(=O)/C=C/c1ccccc1. The minimum atomic E-state index is -3.52. The third kappa shape index (κ3) is 5.46. The molecule has 0 radical (unpaired) electrons. The molecule has 0 aliphatic rings. The number of nitrogens with zero attached hydrogens (tertiary/aromatic N) is 4. The third-order valence-electron chi connectivity index (χ3n) is 5.23. The Balaban J connectivity index is 1.43. The number of phenols is 1. The first kappa shape index (κ1) is 23.9. The van der Waals surface area contributed by atoms with E-state index in [9.17, 15) is 13.5 Å². The molecule has 176 valence electrons. The van der Waals surface area contributed by atoms with Gasteiger partial charge in [-0.15, -0.1) is 0 Å². The van der Waals surface area contributed by atoms with Crippen molar-refractivity contribution in [3.05, 3.63) is 82.3 Å². The van der Waals surface area contributed by atoms with Gasteiger partial charge in [-0.25, -0.2) is 17.7 Å². The highest BCUT2D eigenvalue weighted by molar-refractivity contribution is 9.10. The zero-order valence-electron chi connectivity index (χ0n) is 18.5. The van der Waals surface area contributed by atoms with Gasteiger partial charge in [0.15, 0.2) is 5.65 Å². The fourth-order valence-corrected chi connectivity index (χ4v) is 4.64. The Morgan fingerprint density at radius 3 is 2.65 bits per heavy atom. The molecule has 0 fully saturated rings. The molecule has 2 heterocycles. The van der Waals surface area contributed by atoms with Crippen molar-refractivity contribution in [3.63, 3.8) is 0 Å². The molecule has 0 amide bonds. The van der Waals surface area contributed by atoms with Crippen molar-refractivity contribution in [1.82, 2.24) is 18.9 Å². The number of rotatable bonds is 9. The second-order valence-corrected chi connectivity index (χ2v) is 10.4. The van der Waals surface area contributed by atoms with Crippen molar-refractivity contribution >= 4 is 43.5 Å². The van der Waals surface area contributed by atoms with Crippen molar-refractivity contribution < 1.29 is 13.5 Å². The van der Waals surface area contributed by atoms with Crippen LogP contribution in [0.2, 0.25) is 0 Å². The van der Waals surface area contributed by atoms with Gasteiger partial charge in [-0.2, -0.15) is 9.61 Å². The summed E-state index contributed by atoms with van der Waals surface area (Å²) in [6.07, 6.45) is 3.82. The molecule has 10 heteroatoms. The number of para-hydroxylation sites is 1. The number of sulfonamides is 1. The summed E-state index contributed by atoms with van der Waals surface area (Å²) < 4.78 is 28.8. The predicted octanol–water partition coefficient (Wildman–Crippen LogP) is 4.60. The van der Waals surface area contributed by atoms with E-state index in [-0.39, 0.29) is 5.75 Å². The maximum atomic E-state index is 12.5. The highest BCUT2D eigenvalue weighted by atomic mass is 79.9. The number of aromatic hydroxyl groups is 1. The van der Waals surface area contributed by atoms with Gasteiger partial charge in [-0.05, 0) is 46.1 Å².